The van der Waals surface area contributed by atoms with E-state index >= 15 is 0 Å². The van der Waals surface area contributed by atoms with Crippen LogP contribution in [-0.2, 0) is 16.1 Å². The lowest BCUT2D eigenvalue weighted by Crippen LogP contribution is -2.55. The van der Waals surface area contributed by atoms with Crippen molar-refractivity contribution in [2.75, 3.05) is 0 Å². The molecule has 0 aliphatic carbocycles. The highest BCUT2D eigenvalue weighted by atomic mass is 16.2. The fraction of sp³-hybridized carbons (Fsp3) is 0.588. The molecule has 0 saturated heterocycles. The monoisotopic (exact) mass is 320 g/mol. The van der Waals surface area contributed by atoms with E-state index in [1.807, 2.05) is 45.9 Å². The second kappa shape index (κ2) is 9.25. The molecular formula is C17H28N4O2. The zero-order valence-corrected chi connectivity index (χ0v) is 14.4. The molecule has 0 unspecified atom stereocenters. The molecule has 3 atom stereocenters. The van der Waals surface area contributed by atoms with E-state index in [-0.39, 0.29) is 23.7 Å². The summed E-state index contributed by atoms with van der Waals surface area (Å²) in [6.45, 7) is 8.01. The number of nitrogens with zero attached hydrogens (tertiary/aromatic N) is 1. The van der Waals surface area contributed by atoms with Crippen molar-refractivity contribution in [2.24, 2.45) is 17.6 Å². The Balaban J connectivity index is 2.69. The van der Waals surface area contributed by atoms with Crippen molar-refractivity contribution in [1.29, 1.82) is 0 Å². The summed E-state index contributed by atoms with van der Waals surface area (Å²) in [6, 6.07) is 4.31. The number of pyridine rings is 1. The van der Waals surface area contributed by atoms with Gasteiger partial charge in [0, 0.05) is 6.20 Å². The summed E-state index contributed by atoms with van der Waals surface area (Å²) in [6.07, 6.45) is 2.45. The minimum Gasteiger partial charge on any atom is -0.349 e. The van der Waals surface area contributed by atoms with Crippen molar-refractivity contribution in [2.45, 2.75) is 52.7 Å². The molecule has 1 heterocycles. The van der Waals surface area contributed by atoms with Crippen LogP contribution in [0.15, 0.2) is 24.4 Å². The van der Waals surface area contributed by atoms with Crippen LogP contribution in [0.25, 0.3) is 0 Å². The topological polar surface area (TPSA) is 97.1 Å². The van der Waals surface area contributed by atoms with Gasteiger partial charge in [0.1, 0.15) is 6.04 Å². The summed E-state index contributed by atoms with van der Waals surface area (Å²) >= 11 is 0. The van der Waals surface area contributed by atoms with Gasteiger partial charge in [-0.05, 0) is 24.0 Å². The van der Waals surface area contributed by atoms with Crippen LogP contribution in [0.1, 0.15) is 39.8 Å². The maximum absolute atomic E-state index is 12.5. The van der Waals surface area contributed by atoms with Crippen molar-refractivity contribution >= 4 is 11.8 Å². The number of hydrogen-bond acceptors (Lipinski definition) is 4. The predicted molar refractivity (Wildman–Crippen MR) is 90.3 cm³/mol. The lowest BCUT2D eigenvalue weighted by Gasteiger charge is -2.26. The van der Waals surface area contributed by atoms with Gasteiger partial charge in [-0.25, -0.2) is 0 Å². The lowest BCUT2D eigenvalue weighted by molar-refractivity contribution is -0.131. The highest BCUT2D eigenvalue weighted by Crippen LogP contribution is 2.09. The van der Waals surface area contributed by atoms with E-state index in [0.717, 1.165) is 12.1 Å². The molecule has 0 fully saturated rings. The molecule has 0 radical (unpaired) electrons. The molecule has 0 aliphatic heterocycles. The Morgan fingerprint density at radius 2 is 1.91 bits per heavy atom. The van der Waals surface area contributed by atoms with E-state index in [0.29, 0.717) is 6.54 Å². The maximum atomic E-state index is 12.5. The molecule has 0 saturated carbocycles. The van der Waals surface area contributed by atoms with Crippen LogP contribution < -0.4 is 16.4 Å². The lowest BCUT2D eigenvalue weighted by atomic mass is 9.96. The first-order valence-corrected chi connectivity index (χ1v) is 8.10. The van der Waals surface area contributed by atoms with Crippen molar-refractivity contribution in [3.8, 4) is 0 Å². The quantitative estimate of drug-likeness (QED) is 0.671. The summed E-state index contributed by atoms with van der Waals surface area (Å²) < 4.78 is 0. The summed E-state index contributed by atoms with van der Waals surface area (Å²) in [5.41, 5.74) is 6.63. The standard InChI is InChI=1S/C17H28N4O2/c1-5-12(4)15(21-16(22)14(18)11(2)3)17(23)20-10-13-8-6-7-9-19-13/h6-9,11-12,14-15H,5,10,18H2,1-4H3,(H,20,23)(H,21,22)/t12-,14-,15-/m0/s1. The minimum atomic E-state index is -0.620. The second-order valence-corrected chi connectivity index (χ2v) is 6.18. The molecule has 23 heavy (non-hydrogen) atoms. The van der Waals surface area contributed by atoms with Crippen molar-refractivity contribution in [3.63, 3.8) is 0 Å². The largest absolute Gasteiger partial charge is 0.349 e. The highest BCUT2D eigenvalue weighted by molar-refractivity contribution is 5.89. The fourth-order valence-corrected chi connectivity index (χ4v) is 2.04. The number of rotatable bonds is 8. The molecule has 0 aromatic carbocycles. The van der Waals surface area contributed by atoms with Crippen molar-refractivity contribution < 1.29 is 9.59 Å². The normalized spacial score (nSPS) is 14.9. The van der Waals surface area contributed by atoms with E-state index in [4.69, 9.17) is 5.73 Å². The predicted octanol–water partition coefficient (Wildman–Crippen LogP) is 1.21. The number of nitrogens with two attached hydrogens (primary N) is 1. The molecule has 1 aromatic heterocycles. The Kier molecular flexibility index (Phi) is 7.68. The Hall–Kier alpha value is -1.95. The second-order valence-electron chi connectivity index (χ2n) is 6.18. The molecule has 128 valence electrons. The van der Waals surface area contributed by atoms with Gasteiger partial charge in [-0.15, -0.1) is 0 Å². The Morgan fingerprint density at radius 1 is 1.22 bits per heavy atom. The van der Waals surface area contributed by atoms with Crippen LogP contribution in [-0.4, -0.2) is 28.9 Å². The van der Waals surface area contributed by atoms with E-state index in [1.54, 1.807) is 6.20 Å². The van der Waals surface area contributed by atoms with Crippen LogP contribution in [0.2, 0.25) is 0 Å². The molecule has 2 amide bonds. The molecule has 6 heteroatoms. The fourth-order valence-electron chi connectivity index (χ4n) is 2.04. The first-order chi connectivity index (χ1) is 10.9. The molecule has 0 spiro atoms. The minimum absolute atomic E-state index is 0.0158. The zero-order valence-electron chi connectivity index (χ0n) is 14.4. The first-order valence-electron chi connectivity index (χ1n) is 8.10. The average molecular weight is 320 g/mol. The van der Waals surface area contributed by atoms with Crippen molar-refractivity contribution in [3.05, 3.63) is 30.1 Å². The molecule has 6 nitrogen and oxygen atoms in total. The number of carbonyl (C=O) groups is 2. The van der Waals surface area contributed by atoms with E-state index < -0.39 is 12.1 Å². The number of nitrogens with one attached hydrogen (secondary N) is 2. The van der Waals surface area contributed by atoms with Gasteiger partial charge in [0.15, 0.2) is 0 Å². The summed E-state index contributed by atoms with van der Waals surface area (Å²) in [5, 5.41) is 5.62. The van der Waals surface area contributed by atoms with Gasteiger partial charge in [-0.2, -0.15) is 0 Å². The maximum Gasteiger partial charge on any atom is 0.243 e. The van der Waals surface area contributed by atoms with Crippen LogP contribution in [0.5, 0.6) is 0 Å². The van der Waals surface area contributed by atoms with E-state index in [2.05, 4.69) is 15.6 Å². The Morgan fingerprint density at radius 3 is 2.43 bits per heavy atom. The summed E-state index contributed by atoms with van der Waals surface area (Å²) in [7, 11) is 0. The third-order valence-electron chi connectivity index (χ3n) is 3.98. The Bertz CT molecular complexity index is 505. The van der Waals surface area contributed by atoms with E-state index in [1.165, 1.54) is 0 Å². The summed E-state index contributed by atoms with van der Waals surface area (Å²) in [5.74, 6) is -0.473. The van der Waals surface area contributed by atoms with Gasteiger partial charge in [0.2, 0.25) is 11.8 Å². The van der Waals surface area contributed by atoms with Crippen LogP contribution >= 0.6 is 0 Å². The molecule has 1 rings (SSSR count). The van der Waals surface area contributed by atoms with Gasteiger partial charge >= 0.3 is 0 Å². The van der Waals surface area contributed by atoms with E-state index in [9.17, 15) is 9.59 Å². The third kappa shape index (κ3) is 5.98. The number of aromatic nitrogens is 1. The molecule has 4 N–H and O–H groups in total. The average Bonchev–Trinajstić information content (AvgIpc) is 2.56. The number of hydrogen-bond donors (Lipinski definition) is 3. The first kappa shape index (κ1) is 19.1. The zero-order chi connectivity index (χ0) is 17.4. The van der Waals surface area contributed by atoms with Crippen LogP contribution in [0, 0.1) is 11.8 Å². The van der Waals surface area contributed by atoms with Crippen LogP contribution in [0.4, 0.5) is 0 Å². The van der Waals surface area contributed by atoms with Gasteiger partial charge in [-0.3, -0.25) is 14.6 Å². The molecular weight excluding hydrogens is 292 g/mol. The Labute approximate surface area is 138 Å². The number of carbonyl (C=O) groups excluding carboxylic acids is 2. The highest BCUT2D eigenvalue weighted by Gasteiger charge is 2.28. The van der Waals surface area contributed by atoms with Crippen LogP contribution in [0.3, 0.4) is 0 Å². The smallest absolute Gasteiger partial charge is 0.243 e. The third-order valence-corrected chi connectivity index (χ3v) is 3.98. The summed E-state index contributed by atoms with van der Waals surface area (Å²) in [4.78, 5) is 28.8. The number of amides is 2. The molecule has 0 bridgehead atoms. The SMILES string of the molecule is CC[C@H](C)[C@H](NC(=O)[C@@H](N)C(C)C)C(=O)NCc1ccccn1. The molecule has 0 aliphatic rings. The van der Waals surface area contributed by atoms with Crippen molar-refractivity contribution in [1.82, 2.24) is 15.6 Å². The van der Waals surface area contributed by atoms with Gasteiger partial charge < -0.3 is 16.4 Å². The van der Waals surface area contributed by atoms with Gasteiger partial charge in [0.25, 0.3) is 0 Å². The van der Waals surface area contributed by atoms with Gasteiger partial charge in [-0.1, -0.05) is 40.2 Å². The van der Waals surface area contributed by atoms with Gasteiger partial charge in [0.05, 0.1) is 18.3 Å². The molecule has 1 aromatic rings.